The van der Waals surface area contributed by atoms with E-state index in [0.717, 1.165) is 0 Å². The maximum absolute atomic E-state index is 10.1. The molecule has 0 aromatic heterocycles. The van der Waals surface area contributed by atoms with Gasteiger partial charge in [0.1, 0.15) is 0 Å². The molecule has 1 fully saturated rings. The van der Waals surface area contributed by atoms with Crippen LogP contribution in [0, 0.1) is 0 Å². The second kappa shape index (κ2) is 3.34. The van der Waals surface area contributed by atoms with E-state index in [1.165, 1.54) is 30.6 Å². The zero-order valence-electron chi connectivity index (χ0n) is 8.13. The summed E-state index contributed by atoms with van der Waals surface area (Å²) in [6, 6.07) is 0. The average molecular weight is 327 g/mol. The van der Waals surface area contributed by atoms with Gasteiger partial charge in [0.05, 0.1) is 0 Å². The normalized spacial score (nSPS) is 33.7. The molecular weight excluding hydrogens is 311 g/mol. The van der Waals surface area contributed by atoms with Crippen molar-refractivity contribution in [2.75, 3.05) is 0 Å². The zero-order chi connectivity index (χ0) is 10.5. The van der Waals surface area contributed by atoms with Gasteiger partial charge in [0.15, 0.2) is 0 Å². The molecule has 1 heterocycles. The van der Waals surface area contributed by atoms with Crippen LogP contribution < -0.4 is 0 Å². The van der Waals surface area contributed by atoms with Crippen LogP contribution in [0.3, 0.4) is 0 Å². The molecule has 7 heteroatoms. The Labute approximate surface area is 95.8 Å². The van der Waals surface area contributed by atoms with E-state index in [4.69, 9.17) is 3.18 Å². The summed E-state index contributed by atoms with van der Waals surface area (Å²) in [4.78, 5) is 20.2. The molecule has 13 heavy (non-hydrogen) atoms. The molecule has 1 aliphatic heterocycles. The van der Waals surface area contributed by atoms with Crippen LogP contribution >= 0.6 is 24.8 Å². The molecule has 0 aliphatic carbocycles. The number of hydrogen-bond acceptors (Lipinski definition) is 4. The third-order valence-electron chi connectivity index (χ3n) is 2.19. The molecule has 0 radical (unpaired) electrons. The number of hydrogen-bond donors (Lipinski definition) is 2. The van der Waals surface area contributed by atoms with E-state index < -0.39 is 14.4 Å². The Hall–Kier alpha value is 1.70. The van der Waals surface area contributed by atoms with Gasteiger partial charge in [-0.15, -0.1) is 0 Å². The fourth-order valence-corrected chi connectivity index (χ4v) is 31.1. The van der Waals surface area contributed by atoms with Gasteiger partial charge in [-0.1, -0.05) is 0 Å². The van der Waals surface area contributed by atoms with E-state index >= 15 is 0 Å². The van der Waals surface area contributed by atoms with Crippen molar-refractivity contribution in [3.8, 4) is 0 Å². The Balaban J connectivity index is 3.03. The molecule has 0 aromatic carbocycles. The quantitative estimate of drug-likeness (QED) is 0.362. The fourth-order valence-electron chi connectivity index (χ4n) is 1.69. The van der Waals surface area contributed by atoms with E-state index in [9.17, 15) is 9.79 Å². The first-order valence-electron chi connectivity index (χ1n) is 4.06. The molecule has 0 spiro atoms. The molecule has 0 aromatic rings. The first kappa shape index (κ1) is 12.8. The Morgan fingerprint density at radius 3 is 1.69 bits per heavy atom. The molecule has 0 saturated carbocycles. The van der Waals surface area contributed by atoms with Gasteiger partial charge in [-0.05, 0) is 0 Å². The molecule has 1 rings (SSSR count). The van der Waals surface area contributed by atoms with Gasteiger partial charge in [0, 0.05) is 0 Å². The van der Waals surface area contributed by atoms with Gasteiger partial charge in [-0.25, -0.2) is 0 Å². The van der Waals surface area contributed by atoms with Crippen LogP contribution in [0.15, 0.2) is 0 Å². The van der Waals surface area contributed by atoms with Crippen molar-refractivity contribution in [3.05, 3.63) is 0 Å². The molecule has 81 valence electrons. The topological polar surface area (TPSA) is 49.7 Å². The Morgan fingerprint density at radius 1 is 1.23 bits per heavy atom. The van der Waals surface area contributed by atoms with Gasteiger partial charge in [-0.2, -0.15) is 0 Å². The van der Waals surface area contributed by atoms with Crippen LogP contribution in [0.4, 0.5) is 0 Å². The average Bonchev–Trinajstić information content (AvgIpc) is 2.54. The standard InChI is InChI=1S/C6H16O3PS2.Mo/c1-5(2)12(6(3)4)10(7,8,9)11-12;/h5-8H,1-4H3;/q-1;+1. The summed E-state index contributed by atoms with van der Waals surface area (Å²) < 4.78 is 5.03. The van der Waals surface area contributed by atoms with Crippen molar-refractivity contribution in [2.24, 2.45) is 0 Å². The second-order valence-electron chi connectivity index (χ2n) is 3.66. The molecule has 0 amide bonds. The summed E-state index contributed by atoms with van der Waals surface area (Å²) in [5.74, 6) is 0. The van der Waals surface area contributed by atoms with Crippen molar-refractivity contribution in [2.45, 2.75) is 38.2 Å². The molecule has 0 bridgehead atoms. The van der Waals surface area contributed by atoms with Crippen LogP contribution in [0.5, 0.6) is 0 Å². The van der Waals surface area contributed by atoms with Gasteiger partial charge < -0.3 is 0 Å². The van der Waals surface area contributed by atoms with Crippen LogP contribution in [-0.2, 0) is 23.4 Å². The SMILES string of the molecule is CC(C)S1(C(C)C)SP1(O)(O)[O][Mo]. The van der Waals surface area contributed by atoms with Gasteiger partial charge in [0.25, 0.3) is 0 Å². The minimum atomic E-state index is -3.75. The third-order valence-corrected chi connectivity index (χ3v) is 27.7. The predicted molar refractivity (Wildman–Crippen MR) is 57.9 cm³/mol. The summed E-state index contributed by atoms with van der Waals surface area (Å²) in [6.45, 7) is 8.18. The third kappa shape index (κ3) is 1.56. The molecule has 1 saturated heterocycles. The van der Waals surface area contributed by atoms with Crippen LogP contribution in [0.2, 0.25) is 0 Å². The van der Waals surface area contributed by atoms with Gasteiger partial charge >= 0.3 is 96.1 Å². The zero-order valence-corrected chi connectivity index (χ0v) is 12.7. The Kier molecular flexibility index (Phi) is 3.28. The second-order valence-corrected chi connectivity index (χ2v) is 20.4. The maximum atomic E-state index is 10.1. The molecular formula is C6H16MoO3PS2. The summed E-state index contributed by atoms with van der Waals surface area (Å²) in [5, 5.41) is 0.596. The molecule has 3 nitrogen and oxygen atoms in total. The Morgan fingerprint density at radius 2 is 1.62 bits per heavy atom. The van der Waals surface area contributed by atoms with Crippen molar-refractivity contribution in [1.82, 2.24) is 0 Å². The van der Waals surface area contributed by atoms with Crippen molar-refractivity contribution in [3.63, 3.8) is 0 Å². The monoisotopic (exact) mass is 329 g/mol. The van der Waals surface area contributed by atoms with Crippen LogP contribution in [-0.4, -0.2) is 20.3 Å². The summed E-state index contributed by atoms with van der Waals surface area (Å²) >= 11 is 1.33. The van der Waals surface area contributed by atoms with Gasteiger partial charge in [0.2, 0.25) is 0 Å². The first-order valence-corrected chi connectivity index (χ1v) is 11.2. The number of rotatable bonds is 3. The fraction of sp³-hybridized carbons (Fsp3) is 1.00. The van der Waals surface area contributed by atoms with Crippen LogP contribution in [0.1, 0.15) is 27.7 Å². The predicted octanol–water partition coefficient (Wildman–Crippen LogP) is 2.86. The van der Waals surface area contributed by atoms with Crippen LogP contribution in [0.25, 0.3) is 0 Å². The molecule has 1 aliphatic rings. The van der Waals surface area contributed by atoms with Gasteiger partial charge in [-0.3, -0.25) is 0 Å². The summed E-state index contributed by atoms with van der Waals surface area (Å²) in [5.41, 5.74) is -3.75. The van der Waals surface area contributed by atoms with E-state index in [1.807, 2.05) is 27.7 Å². The molecule has 0 unspecified atom stereocenters. The molecule has 2 N–H and O–H groups in total. The Bertz CT molecular complexity index is 226. The summed E-state index contributed by atoms with van der Waals surface area (Å²) in [7, 11) is -0.106. The van der Waals surface area contributed by atoms with E-state index in [2.05, 4.69) is 0 Å². The molecule has 0 atom stereocenters. The van der Waals surface area contributed by atoms with E-state index in [-0.39, 0.29) is 0 Å². The first-order chi connectivity index (χ1) is 5.70. The van der Waals surface area contributed by atoms with Crippen molar-refractivity contribution < 1.29 is 33.2 Å². The van der Waals surface area contributed by atoms with Crippen molar-refractivity contribution in [1.29, 1.82) is 0 Å². The van der Waals surface area contributed by atoms with E-state index in [0.29, 0.717) is 10.5 Å². The van der Waals surface area contributed by atoms with E-state index in [1.54, 1.807) is 0 Å². The van der Waals surface area contributed by atoms with Crippen molar-refractivity contribution >= 4 is 24.8 Å². The minimum absolute atomic E-state index is 0.298. The summed E-state index contributed by atoms with van der Waals surface area (Å²) in [6.07, 6.45) is 0.